The molecule has 2 rings (SSSR count). The standard InChI is InChI=1S/C12H15BrN4O/c1-8(2)17-6-10(15-16-17)7-18-11-5-14-12(13)4-9(11)3/h4-6,8H,7H2,1-3H3. The van der Waals surface area contributed by atoms with Crippen LogP contribution in [0.2, 0.25) is 0 Å². The molecule has 18 heavy (non-hydrogen) atoms. The lowest BCUT2D eigenvalue weighted by Gasteiger charge is -2.06. The van der Waals surface area contributed by atoms with Gasteiger partial charge in [0.1, 0.15) is 22.7 Å². The van der Waals surface area contributed by atoms with Crippen molar-refractivity contribution in [2.75, 3.05) is 0 Å². The third-order valence-electron chi connectivity index (χ3n) is 2.49. The first-order chi connectivity index (χ1) is 8.56. The number of hydrogen-bond donors (Lipinski definition) is 0. The average Bonchev–Trinajstić information content (AvgIpc) is 2.76. The Morgan fingerprint density at radius 1 is 1.44 bits per heavy atom. The van der Waals surface area contributed by atoms with Crippen LogP contribution in [0.4, 0.5) is 0 Å². The van der Waals surface area contributed by atoms with Crippen molar-refractivity contribution in [1.82, 2.24) is 20.0 Å². The molecular formula is C12H15BrN4O. The number of aryl methyl sites for hydroxylation is 1. The van der Waals surface area contributed by atoms with Gasteiger partial charge in [0.15, 0.2) is 0 Å². The summed E-state index contributed by atoms with van der Waals surface area (Å²) in [7, 11) is 0. The monoisotopic (exact) mass is 310 g/mol. The maximum absolute atomic E-state index is 5.67. The Morgan fingerprint density at radius 3 is 2.83 bits per heavy atom. The second kappa shape index (κ2) is 5.48. The lowest BCUT2D eigenvalue weighted by molar-refractivity contribution is 0.297. The summed E-state index contributed by atoms with van der Waals surface area (Å²) in [6.07, 6.45) is 3.60. The van der Waals surface area contributed by atoms with E-state index >= 15 is 0 Å². The third kappa shape index (κ3) is 3.07. The number of ether oxygens (including phenoxy) is 1. The van der Waals surface area contributed by atoms with Gasteiger partial charge in [-0.3, -0.25) is 0 Å². The van der Waals surface area contributed by atoms with Crippen molar-refractivity contribution in [3.63, 3.8) is 0 Å². The van der Waals surface area contributed by atoms with E-state index in [-0.39, 0.29) is 0 Å². The zero-order valence-corrected chi connectivity index (χ0v) is 12.2. The Labute approximate surface area is 114 Å². The molecule has 0 fully saturated rings. The molecule has 6 heteroatoms. The van der Waals surface area contributed by atoms with Gasteiger partial charge < -0.3 is 4.74 Å². The van der Waals surface area contributed by atoms with Crippen LogP contribution in [0.1, 0.15) is 31.1 Å². The summed E-state index contributed by atoms with van der Waals surface area (Å²) in [6.45, 7) is 6.49. The molecule has 0 aliphatic carbocycles. The van der Waals surface area contributed by atoms with E-state index in [1.807, 2.05) is 23.9 Å². The molecule has 0 N–H and O–H groups in total. The van der Waals surface area contributed by atoms with E-state index in [2.05, 4.69) is 45.1 Å². The highest BCUT2D eigenvalue weighted by Crippen LogP contribution is 2.20. The summed E-state index contributed by atoms with van der Waals surface area (Å²) in [5.41, 5.74) is 1.85. The zero-order chi connectivity index (χ0) is 13.1. The van der Waals surface area contributed by atoms with Gasteiger partial charge in [0, 0.05) is 6.04 Å². The van der Waals surface area contributed by atoms with Crippen molar-refractivity contribution in [3.05, 3.63) is 34.3 Å². The largest absolute Gasteiger partial charge is 0.485 e. The molecule has 96 valence electrons. The second-order valence-electron chi connectivity index (χ2n) is 4.34. The molecule has 0 bridgehead atoms. The van der Waals surface area contributed by atoms with Crippen molar-refractivity contribution >= 4 is 15.9 Å². The van der Waals surface area contributed by atoms with Crippen molar-refractivity contribution in [3.8, 4) is 5.75 Å². The van der Waals surface area contributed by atoms with Crippen LogP contribution in [-0.2, 0) is 6.61 Å². The molecule has 5 nitrogen and oxygen atoms in total. The van der Waals surface area contributed by atoms with E-state index in [1.165, 1.54) is 0 Å². The highest BCUT2D eigenvalue weighted by molar-refractivity contribution is 9.10. The minimum absolute atomic E-state index is 0.308. The Hall–Kier alpha value is -1.43. The molecule has 0 radical (unpaired) electrons. The fraction of sp³-hybridized carbons (Fsp3) is 0.417. The van der Waals surface area contributed by atoms with Gasteiger partial charge in [-0.1, -0.05) is 5.21 Å². The molecule has 0 unspecified atom stereocenters. The molecule has 2 heterocycles. The molecule has 0 aliphatic heterocycles. The molecule has 2 aromatic rings. The number of hydrogen-bond acceptors (Lipinski definition) is 4. The molecule has 0 saturated heterocycles. The van der Waals surface area contributed by atoms with Crippen LogP contribution in [0.25, 0.3) is 0 Å². The zero-order valence-electron chi connectivity index (χ0n) is 10.6. The van der Waals surface area contributed by atoms with Crippen LogP contribution >= 0.6 is 15.9 Å². The highest BCUT2D eigenvalue weighted by Gasteiger charge is 2.06. The molecule has 0 atom stereocenters. The number of nitrogens with zero attached hydrogens (tertiary/aromatic N) is 4. The van der Waals surface area contributed by atoms with E-state index in [4.69, 9.17) is 4.74 Å². The number of rotatable bonds is 4. The first kappa shape index (κ1) is 13.0. The topological polar surface area (TPSA) is 52.8 Å². The van der Waals surface area contributed by atoms with E-state index < -0.39 is 0 Å². The first-order valence-corrected chi connectivity index (χ1v) is 6.51. The van der Waals surface area contributed by atoms with Gasteiger partial charge in [0.05, 0.1) is 12.4 Å². The van der Waals surface area contributed by atoms with Gasteiger partial charge in [0.2, 0.25) is 0 Å². The number of aromatic nitrogens is 4. The first-order valence-electron chi connectivity index (χ1n) is 5.72. The van der Waals surface area contributed by atoms with Crippen LogP contribution in [0, 0.1) is 6.92 Å². The minimum Gasteiger partial charge on any atom is -0.485 e. The van der Waals surface area contributed by atoms with E-state index in [0.29, 0.717) is 12.6 Å². The van der Waals surface area contributed by atoms with Crippen LogP contribution in [0.3, 0.4) is 0 Å². The molecule has 0 amide bonds. The lowest BCUT2D eigenvalue weighted by atomic mass is 10.3. The van der Waals surface area contributed by atoms with Gasteiger partial charge in [-0.25, -0.2) is 9.67 Å². The smallest absolute Gasteiger partial charge is 0.141 e. The van der Waals surface area contributed by atoms with Crippen molar-refractivity contribution in [2.24, 2.45) is 0 Å². The summed E-state index contributed by atoms with van der Waals surface area (Å²) in [5, 5.41) is 8.09. The van der Waals surface area contributed by atoms with Crippen LogP contribution in [-0.4, -0.2) is 20.0 Å². The highest BCUT2D eigenvalue weighted by atomic mass is 79.9. The van der Waals surface area contributed by atoms with Crippen molar-refractivity contribution < 1.29 is 4.74 Å². The molecule has 0 saturated carbocycles. The summed E-state index contributed by atoms with van der Waals surface area (Å²) in [5.74, 6) is 0.761. The Kier molecular flexibility index (Phi) is 3.96. The van der Waals surface area contributed by atoms with Gasteiger partial charge in [-0.05, 0) is 48.3 Å². The third-order valence-corrected chi connectivity index (χ3v) is 2.93. The van der Waals surface area contributed by atoms with Gasteiger partial charge in [-0.2, -0.15) is 0 Å². The molecule has 0 aliphatic rings. The normalized spacial score (nSPS) is 10.9. The van der Waals surface area contributed by atoms with Crippen molar-refractivity contribution in [2.45, 2.75) is 33.4 Å². The van der Waals surface area contributed by atoms with E-state index in [0.717, 1.165) is 21.6 Å². The molecule has 2 aromatic heterocycles. The molecule has 0 spiro atoms. The van der Waals surface area contributed by atoms with Crippen molar-refractivity contribution in [1.29, 1.82) is 0 Å². The number of pyridine rings is 1. The SMILES string of the molecule is Cc1cc(Br)ncc1OCc1cn(C(C)C)nn1. The quantitative estimate of drug-likeness (QED) is 0.815. The predicted molar refractivity (Wildman–Crippen MR) is 71.4 cm³/mol. The second-order valence-corrected chi connectivity index (χ2v) is 5.16. The molecular weight excluding hydrogens is 296 g/mol. The Bertz CT molecular complexity index is 539. The summed E-state index contributed by atoms with van der Waals surface area (Å²) >= 11 is 3.32. The fourth-order valence-corrected chi connectivity index (χ4v) is 1.89. The van der Waals surface area contributed by atoms with Crippen LogP contribution < -0.4 is 4.74 Å². The maximum atomic E-state index is 5.67. The fourth-order valence-electron chi connectivity index (χ4n) is 1.44. The lowest BCUT2D eigenvalue weighted by Crippen LogP contribution is -2.00. The maximum Gasteiger partial charge on any atom is 0.141 e. The van der Waals surface area contributed by atoms with Gasteiger partial charge >= 0.3 is 0 Å². The average molecular weight is 311 g/mol. The minimum atomic E-state index is 0.308. The van der Waals surface area contributed by atoms with Crippen LogP contribution in [0.5, 0.6) is 5.75 Å². The Morgan fingerprint density at radius 2 is 2.22 bits per heavy atom. The van der Waals surface area contributed by atoms with Gasteiger partial charge in [-0.15, -0.1) is 5.10 Å². The summed E-state index contributed by atoms with van der Waals surface area (Å²) < 4.78 is 8.29. The van der Waals surface area contributed by atoms with E-state index in [1.54, 1.807) is 6.20 Å². The predicted octanol–water partition coefficient (Wildman–Crippen LogP) is 2.90. The Balaban J connectivity index is 2.02. The van der Waals surface area contributed by atoms with E-state index in [9.17, 15) is 0 Å². The van der Waals surface area contributed by atoms with Gasteiger partial charge in [0.25, 0.3) is 0 Å². The van der Waals surface area contributed by atoms with Crippen LogP contribution in [0.15, 0.2) is 23.1 Å². The summed E-state index contributed by atoms with van der Waals surface area (Å²) in [4.78, 5) is 4.14. The number of halogens is 1. The summed E-state index contributed by atoms with van der Waals surface area (Å²) in [6, 6.07) is 2.22. The molecule has 0 aromatic carbocycles.